The molecular weight excluding hydrogens is 400 g/mol. The fourth-order valence-electron chi connectivity index (χ4n) is 5.50. The van der Waals surface area contributed by atoms with Crippen molar-refractivity contribution in [2.24, 2.45) is 5.92 Å². The Morgan fingerprint density at radius 3 is 2.78 bits per heavy atom. The van der Waals surface area contributed by atoms with Crippen molar-refractivity contribution >= 4 is 16.8 Å². The van der Waals surface area contributed by atoms with Gasteiger partial charge in [0.25, 0.3) is 0 Å². The number of H-pyrrole nitrogens is 1. The second kappa shape index (κ2) is 10.7. The van der Waals surface area contributed by atoms with Crippen LogP contribution < -0.4 is 10.1 Å². The summed E-state index contributed by atoms with van der Waals surface area (Å²) in [5.74, 6) is 1.81. The van der Waals surface area contributed by atoms with Gasteiger partial charge in [0.2, 0.25) is 5.91 Å². The maximum Gasteiger partial charge on any atom is 0.220 e. The molecule has 6 nitrogen and oxygen atoms in total. The summed E-state index contributed by atoms with van der Waals surface area (Å²) >= 11 is 0. The van der Waals surface area contributed by atoms with Crippen LogP contribution in [0.25, 0.3) is 10.9 Å². The van der Waals surface area contributed by atoms with Crippen LogP contribution in [0.5, 0.6) is 5.75 Å². The number of aromatic amines is 1. The molecule has 0 unspecified atom stereocenters. The zero-order valence-electron chi connectivity index (χ0n) is 20.1. The summed E-state index contributed by atoms with van der Waals surface area (Å²) < 4.78 is 5.38. The molecule has 0 bridgehead atoms. The normalized spacial score (nSPS) is 20.8. The Bertz CT molecular complexity index is 901. The number of carbonyl (C=O) groups is 1. The second-order valence-electron chi connectivity index (χ2n) is 9.63. The van der Waals surface area contributed by atoms with Gasteiger partial charge in [-0.15, -0.1) is 0 Å². The summed E-state index contributed by atoms with van der Waals surface area (Å²) in [6, 6.07) is 6.78. The van der Waals surface area contributed by atoms with Crippen LogP contribution in [0.3, 0.4) is 0 Å². The maximum absolute atomic E-state index is 12.4. The number of nitrogens with zero attached hydrogens (tertiary/aromatic N) is 2. The molecule has 2 aliphatic heterocycles. The molecule has 1 aromatic heterocycles. The van der Waals surface area contributed by atoms with E-state index in [0.29, 0.717) is 18.4 Å². The number of amides is 1. The fourth-order valence-corrected chi connectivity index (χ4v) is 5.50. The Morgan fingerprint density at radius 2 is 2.03 bits per heavy atom. The van der Waals surface area contributed by atoms with E-state index in [-0.39, 0.29) is 5.91 Å². The minimum atomic E-state index is 0.236. The molecule has 0 aliphatic carbocycles. The lowest BCUT2D eigenvalue weighted by Gasteiger charge is -2.31. The third-order valence-electron chi connectivity index (χ3n) is 7.68. The summed E-state index contributed by atoms with van der Waals surface area (Å²) in [7, 11) is 1.72. The van der Waals surface area contributed by atoms with Crippen molar-refractivity contribution in [1.29, 1.82) is 0 Å². The molecule has 2 saturated heterocycles. The van der Waals surface area contributed by atoms with Gasteiger partial charge in [-0.1, -0.05) is 6.92 Å². The molecular formula is C26H40N4O2. The number of aromatic nitrogens is 1. The lowest BCUT2D eigenvalue weighted by atomic mass is 9.92. The molecule has 2 aliphatic rings. The number of fused-ring (bicyclic) bond motifs is 1. The van der Waals surface area contributed by atoms with Crippen molar-refractivity contribution < 1.29 is 9.53 Å². The average molecular weight is 441 g/mol. The number of piperidine rings is 1. The van der Waals surface area contributed by atoms with Crippen molar-refractivity contribution in [2.45, 2.75) is 65.0 Å². The summed E-state index contributed by atoms with van der Waals surface area (Å²) in [6.45, 7) is 10.7. The number of benzene rings is 1. The number of likely N-dealkylation sites (tertiary alicyclic amines) is 2. The first-order chi connectivity index (χ1) is 15.6. The largest absolute Gasteiger partial charge is 0.497 e. The van der Waals surface area contributed by atoms with Crippen LogP contribution in [0.2, 0.25) is 0 Å². The van der Waals surface area contributed by atoms with Crippen molar-refractivity contribution in [2.75, 3.05) is 39.8 Å². The van der Waals surface area contributed by atoms with E-state index < -0.39 is 0 Å². The summed E-state index contributed by atoms with van der Waals surface area (Å²) in [6.07, 6.45) is 6.55. The van der Waals surface area contributed by atoms with Crippen LogP contribution in [0, 0.1) is 12.8 Å². The molecule has 2 aromatic rings. The van der Waals surface area contributed by atoms with E-state index in [9.17, 15) is 4.79 Å². The molecule has 1 atom stereocenters. The highest BCUT2D eigenvalue weighted by molar-refractivity contribution is 5.85. The predicted octanol–water partition coefficient (Wildman–Crippen LogP) is 4.08. The SMILES string of the molecule is CCN1CCC[C@H]1CNC(=O)CCC1CCN(Cc2[nH]c3ccc(OC)cc3c2C)CC1. The molecule has 0 saturated carbocycles. The number of hydrogen-bond acceptors (Lipinski definition) is 4. The summed E-state index contributed by atoms with van der Waals surface area (Å²) in [5.41, 5.74) is 3.81. The molecule has 1 amide bonds. The molecule has 0 radical (unpaired) electrons. The highest BCUT2D eigenvalue weighted by atomic mass is 16.5. The van der Waals surface area contributed by atoms with Gasteiger partial charge in [-0.2, -0.15) is 0 Å². The lowest BCUT2D eigenvalue weighted by Crippen LogP contribution is -2.40. The van der Waals surface area contributed by atoms with Crippen LogP contribution in [0.15, 0.2) is 18.2 Å². The van der Waals surface area contributed by atoms with Gasteiger partial charge < -0.3 is 15.0 Å². The molecule has 32 heavy (non-hydrogen) atoms. The molecule has 3 heterocycles. The van der Waals surface area contributed by atoms with E-state index >= 15 is 0 Å². The van der Waals surface area contributed by atoms with E-state index in [1.54, 1.807) is 7.11 Å². The van der Waals surface area contributed by atoms with Crippen LogP contribution >= 0.6 is 0 Å². The number of methoxy groups -OCH3 is 1. The molecule has 4 rings (SSSR count). The number of aryl methyl sites for hydroxylation is 1. The first-order valence-corrected chi connectivity index (χ1v) is 12.5. The number of rotatable bonds is 9. The minimum absolute atomic E-state index is 0.236. The first kappa shape index (κ1) is 23.1. The Labute approximate surface area is 192 Å². The van der Waals surface area contributed by atoms with E-state index in [1.807, 2.05) is 6.07 Å². The van der Waals surface area contributed by atoms with Crippen LogP contribution in [-0.4, -0.2) is 66.6 Å². The Kier molecular flexibility index (Phi) is 7.74. The third kappa shape index (κ3) is 5.46. The zero-order chi connectivity index (χ0) is 22.5. The molecule has 176 valence electrons. The van der Waals surface area contributed by atoms with Gasteiger partial charge in [-0.3, -0.25) is 14.6 Å². The van der Waals surface area contributed by atoms with Gasteiger partial charge in [0.05, 0.1) is 7.11 Å². The van der Waals surface area contributed by atoms with E-state index in [2.05, 4.69) is 46.1 Å². The van der Waals surface area contributed by atoms with E-state index in [1.165, 1.54) is 54.4 Å². The molecule has 2 fully saturated rings. The molecule has 2 N–H and O–H groups in total. The number of nitrogens with one attached hydrogen (secondary N) is 2. The van der Waals surface area contributed by atoms with Gasteiger partial charge in [0.15, 0.2) is 0 Å². The van der Waals surface area contributed by atoms with Crippen molar-refractivity contribution in [3.05, 3.63) is 29.5 Å². The first-order valence-electron chi connectivity index (χ1n) is 12.5. The van der Waals surface area contributed by atoms with Gasteiger partial charge in [-0.25, -0.2) is 0 Å². The predicted molar refractivity (Wildman–Crippen MR) is 130 cm³/mol. The smallest absolute Gasteiger partial charge is 0.220 e. The van der Waals surface area contributed by atoms with Crippen molar-refractivity contribution in [3.8, 4) is 5.75 Å². The topological polar surface area (TPSA) is 60.6 Å². The summed E-state index contributed by atoms with van der Waals surface area (Å²) in [4.78, 5) is 21.0. The number of likely N-dealkylation sites (N-methyl/N-ethyl adjacent to an activating group) is 1. The Balaban J connectivity index is 1.19. The number of hydrogen-bond donors (Lipinski definition) is 2. The van der Waals surface area contributed by atoms with Gasteiger partial charge >= 0.3 is 0 Å². The van der Waals surface area contributed by atoms with Crippen LogP contribution in [-0.2, 0) is 11.3 Å². The minimum Gasteiger partial charge on any atom is -0.497 e. The zero-order valence-corrected chi connectivity index (χ0v) is 20.1. The Morgan fingerprint density at radius 1 is 1.22 bits per heavy atom. The quantitative estimate of drug-likeness (QED) is 0.617. The number of ether oxygens (including phenoxy) is 1. The highest BCUT2D eigenvalue weighted by Gasteiger charge is 2.24. The molecule has 6 heteroatoms. The van der Waals surface area contributed by atoms with E-state index in [0.717, 1.165) is 44.9 Å². The fraction of sp³-hybridized carbons (Fsp3) is 0.654. The molecule has 0 spiro atoms. The van der Waals surface area contributed by atoms with Crippen molar-refractivity contribution in [3.63, 3.8) is 0 Å². The monoisotopic (exact) mass is 440 g/mol. The maximum atomic E-state index is 12.4. The third-order valence-corrected chi connectivity index (χ3v) is 7.68. The number of carbonyl (C=O) groups excluding carboxylic acids is 1. The van der Waals surface area contributed by atoms with Gasteiger partial charge in [0, 0.05) is 42.1 Å². The highest BCUT2D eigenvalue weighted by Crippen LogP contribution is 2.28. The lowest BCUT2D eigenvalue weighted by molar-refractivity contribution is -0.121. The van der Waals surface area contributed by atoms with Crippen LogP contribution in [0.1, 0.15) is 56.7 Å². The van der Waals surface area contributed by atoms with Crippen LogP contribution in [0.4, 0.5) is 0 Å². The van der Waals surface area contributed by atoms with E-state index in [4.69, 9.17) is 4.74 Å². The Hall–Kier alpha value is -2.05. The molecule has 1 aromatic carbocycles. The summed E-state index contributed by atoms with van der Waals surface area (Å²) in [5, 5.41) is 4.44. The standard InChI is InChI=1S/C26H40N4O2/c1-4-30-13-5-6-21(30)17-27-26(31)10-7-20-11-14-29(15-12-20)18-25-19(2)23-16-22(32-3)8-9-24(23)28-25/h8-9,16,20-21,28H,4-7,10-15,17-18H2,1-3H3,(H,27,31)/t21-/m0/s1. The van der Waals surface area contributed by atoms with Crippen molar-refractivity contribution in [1.82, 2.24) is 20.1 Å². The average Bonchev–Trinajstić information content (AvgIpc) is 3.41. The van der Waals surface area contributed by atoms with Gasteiger partial charge in [-0.05, 0) is 94.9 Å². The second-order valence-corrected chi connectivity index (χ2v) is 9.63. The van der Waals surface area contributed by atoms with Gasteiger partial charge in [0.1, 0.15) is 5.75 Å².